The number of aliphatic hydroxyl groups excluding tert-OH is 1. The summed E-state index contributed by atoms with van der Waals surface area (Å²) in [6.07, 6.45) is 9.86. The fourth-order valence-corrected chi connectivity index (χ4v) is 11.2. The van der Waals surface area contributed by atoms with Crippen LogP contribution >= 0.6 is 0 Å². The highest BCUT2D eigenvalue weighted by Crippen LogP contribution is 2.39. The molecule has 5 rings (SSSR count). The van der Waals surface area contributed by atoms with Crippen LogP contribution in [0.15, 0.2) is 47.6 Å². The lowest BCUT2D eigenvalue weighted by Crippen LogP contribution is -2.59. The maximum atomic E-state index is 14.5. The van der Waals surface area contributed by atoms with E-state index in [1.54, 1.807) is 61.8 Å². The summed E-state index contributed by atoms with van der Waals surface area (Å²) in [5.74, 6) is -9.60. The lowest BCUT2D eigenvalue weighted by molar-refractivity contribution is -0.283. The molecule has 17 nitrogen and oxygen atoms in total. The first-order valence-corrected chi connectivity index (χ1v) is 27.3. The molecule has 15 atom stereocenters. The number of esters is 2. The summed E-state index contributed by atoms with van der Waals surface area (Å²) < 4.78 is 47.5. The minimum Gasteiger partial charge on any atom is -0.460 e. The fourth-order valence-electron chi connectivity index (χ4n) is 11.2. The largest absolute Gasteiger partial charge is 0.460 e. The molecule has 5 aliphatic rings. The third-order valence-electron chi connectivity index (χ3n) is 16.4. The molecule has 0 aromatic rings. The zero-order valence-electron chi connectivity index (χ0n) is 47.0. The molecule has 422 valence electrons. The fraction of sp³-hybridized carbons (Fsp3) is 0.759. The Morgan fingerprint density at radius 1 is 0.853 bits per heavy atom. The van der Waals surface area contributed by atoms with Gasteiger partial charge in [-0.15, -0.1) is 0 Å². The van der Waals surface area contributed by atoms with Crippen LogP contribution in [0.4, 0.5) is 0 Å². The number of rotatable bonds is 8. The first-order chi connectivity index (χ1) is 35.3. The molecule has 2 N–H and O–H groups in total. The molecule has 0 aromatic heterocycles. The van der Waals surface area contributed by atoms with Gasteiger partial charge in [0.15, 0.2) is 17.4 Å². The minimum absolute atomic E-state index is 0.00376. The summed E-state index contributed by atoms with van der Waals surface area (Å²) in [6.45, 7) is 18.3. The number of carbonyl (C=O) groups excluding carboxylic acids is 6. The van der Waals surface area contributed by atoms with E-state index in [2.05, 4.69) is 0 Å². The standard InChI is InChI=1S/C58H89NO16/c1-34-18-15-14-16-19-35(2)46(68-11)30-42-23-21-40(7)58(67,75-42)52(63)53(64)59-25-17-20-43(59)54(65)73-47(31-44(60)36(3)27-39(6)50(62)51(70-13)49(61)38(5)26-34)37(4)28-41-22-24-45(48(29-41)69-12)74-55(66)57(10)32-71-56(8,9)72-33-57/h14-16,18-19,27,34,37-43,45-48,50-51,62,67H,17,20-26,28-33H2,1-13H3/t34-,37-,38-,39?,40-,41+,42+,43+,45-,46+,47+,48-,50-,51+,58-/m1/s1. The smallest absolute Gasteiger partial charge is 0.329 e. The summed E-state index contributed by atoms with van der Waals surface area (Å²) in [5, 5.41) is 23.5. The van der Waals surface area contributed by atoms with Crippen LogP contribution in [0, 0.1) is 40.9 Å². The lowest BCUT2D eigenvalue weighted by Gasteiger charge is -2.42. The molecule has 17 heteroatoms. The van der Waals surface area contributed by atoms with Gasteiger partial charge in [-0.3, -0.25) is 24.0 Å². The molecule has 1 unspecified atom stereocenters. The van der Waals surface area contributed by atoms with Gasteiger partial charge in [-0.1, -0.05) is 71.1 Å². The molecule has 3 saturated heterocycles. The molecule has 1 saturated carbocycles. The van der Waals surface area contributed by atoms with E-state index in [4.69, 9.17) is 37.9 Å². The molecular weight excluding hydrogens is 967 g/mol. The Morgan fingerprint density at radius 3 is 2.20 bits per heavy atom. The number of allylic oxidation sites excluding steroid dienone is 6. The monoisotopic (exact) mass is 1060 g/mol. The Kier molecular flexibility index (Phi) is 22.4. The van der Waals surface area contributed by atoms with Crippen molar-refractivity contribution in [3.63, 3.8) is 0 Å². The second-order valence-electron chi connectivity index (χ2n) is 23.2. The normalized spacial score (nSPS) is 36.8. The van der Waals surface area contributed by atoms with Gasteiger partial charge in [-0.05, 0) is 121 Å². The van der Waals surface area contributed by atoms with Crippen LogP contribution < -0.4 is 0 Å². The zero-order chi connectivity index (χ0) is 55.6. The van der Waals surface area contributed by atoms with Crippen LogP contribution in [0.5, 0.6) is 0 Å². The van der Waals surface area contributed by atoms with Crippen molar-refractivity contribution in [2.24, 2.45) is 40.9 Å². The van der Waals surface area contributed by atoms with E-state index in [0.29, 0.717) is 57.8 Å². The van der Waals surface area contributed by atoms with Gasteiger partial charge < -0.3 is 53.0 Å². The van der Waals surface area contributed by atoms with Crippen molar-refractivity contribution in [2.45, 2.75) is 200 Å². The van der Waals surface area contributed by atoms with Crippen LogP contribution in [-0.2, 0) is 66.7 Å². The van der Waals surface area contributed by atoms with Crippen molar-refractivity contribution in [3.05, 3.63) is 47.6 Å². The Morgan fingerprint density at radius 2 is 1.55 bits per heavy atom. The van der Waals surface area contributed by atoms with E-state index in [1.165, 1.54) is 7.11 Å². The lowest BCUT2D eigenvalue weighted by atomic mass is 9.78. The zero-order valence-corrected chi connectivity index (χ0v) is 47.0. The summed E-state index contributed by atoms with van der Waals surface area (Å²) in [5.41, 5.74) is 0.161. The second kappa shape index (κ2) is 27.1. The van der Waals surface area contributed by atoms with Crippen LogP contribution in [-0.4, -0.2) is 152 Å². The van der Waals surface area contributed by atoms with Crippen molar-refractivity contribution >= 4 is 35.2 Å². The van der Waals surface area contributed by atoms with E-state index in [9.17, 15) is 39.0 Å². The number of ether oxygens (including phenoxy) is 8. The number of hydrogen-bond acceptors (Lipinski definition) is 16. The van der Waals surface area contributed by atoms with Gasteiger partial charge in [0, 0.05) is 58.5 Å². The van der Waals surface area contributed by atoms with Gasteiger partial charge in [0.25, 0.3) is 11.7 Å². The number of carbonyl (C=O) groups is 6. The molecular formula is C58H89NO16. The number of fused-ring (bicyclic) bond motifs is 3. The second-order valence-corrected chi connectivity index (χ2v) is 23.2. The number of ketones is 3. The van der Waals surface area contributed by atoms with Crippen molar-refractivity contribution in [3.8, 4) is 0 Å². The molecule has 4 heterocycles. The molecule has 4 aliphatic heterocycles. The molecule has 0 radical (unpaired) electrons. The summed E-state index contributed by atoms with van der Waals surface area (Å²) in [6, 6.07) is -1.18. The Bertz CT molecular complexity index is 2120. The molecule has 0 spiro atoms. The van der Waals surface area contributed by atoms with Crippen LogP contribution in [0.25, 0.3) is 0 Å². The highest BCUT2D eigenvalue weighted by molar-refractivity contribution is 6.39. The maximum absolute atomic E-state index is 14.5. The number of hydrogen-bond donors (Lipinski definition) is 2. The average Bonchev–Trinajstić information content (AvgIpc) is 3.87. The number of aliphatic hydroxyl groups is 2. The maximum Gasteiger partial charge on any atom is 0.329 e. The number of amides is 1. The van der Waals surface area contributed by atoms with Crippen LogP contribution in [0.2, 0.25) is 0 Å². The Hall–Kier alpha value is -3.94. The molecule has 2 bridgehead atoms. The SMILES string of the molecule is CO[C@H]1C[C@@H]2CC[C@@H](C)[C@@](O)(O2)C(=O)C(=O)N2CCC[C@H]2C(=O)O[C@H]([C@H](C)C[C@@H]2CC[C@@H](OC(=O)C3(C)COC(C)(C)OC3)[C@H](OC)C2)CC(=O)C(C)=CC(C)[C@@H](O)[C@@H](OC)C(=O)[C@H](C)C[C@H](C)C=CC=CC=C1C. The molecule has 1 aliphatic carbocycles. The van der Waals surface area contributed by atoms with Gasteiger partial charge in [-0.2, -0.15) is 0 Å². The molecule has 75 heavy (non-hydrogen) atoms. The number of nitrogens with zero attached hydrogens (tertiary/aromatic N) is 1. The van der Waals surface area contributed by atoms with Gasteiger partial charge in [0.2, 0.25) is 5.79 Å². The van der Waals surface area contributed by atoms with Crippen LogP contribution in [0.3, 0.4) is 0 Å². The van der Waals surface area contributed by atoms with E-state index >= 15 is 0 Å². The van der Waals surface area contributed by atoms with E-state index in [1.807, 2.05) is 58.1 Å². The number of Topliss-reactive ketones (excluding diaryl/α,β-unsaturated/α-hetero) is 3. The summed E-state index contributed by atoms with van der Waals surface area (Å²) >= 11 is 0. The third-order valence-corrected chi connectivity index (χ3v) is 16.4. The van der Waals surface area contributed by atoms with Gasteiger partial charge in [0.1, 0.15) is 29.8 Å². The van der Waals surface area contributed by atoms with Gasteiger partial charge >= 0.3 is 11.9 Å². The predicted molar refractivity (Wildman–Crippen MR) is 278 cm³/mol. The van der Waals surface area contributed by atoms with Crippen molar-refractivity contribution in [1.82, 2.24) is 4.90 Å². The van der Waals surface area contributed by atoms with E-state index in [0.717, 1.165) is 10.5 Å². The average molecular weight is 1060 g/mol. The van der Waals surface area contributed by atoms with Crippen LogP contribution in [0.1, 0.15) is 140 Å². The highest BCUT2D eigenvalue weighted by Gasteiger charge is 2.54. The predicted octanol–water partition coefficient (Wildman–Crippen LogP) is 7.13. The highest BCUT2D eigenvalue weighted by atomic mass is 16.7. The molecule has 1 amide bonds. The van der Waals surface area contributed by atoms with Crippen molar-refractivity contribution in [1.29, 1.82) is 0 Å². The molecule has 0 aromatic carbocycles. The summed E-state index contributed by atoms with van der Waals surface area (Å²) in [7, 11) is 4.52. The third kappa shape index (κ3) is 15.9. The number of cyclic esters (lactones) is 1. The quantitative estimate of drug-likeness (QED) is 0.182. The first-order valence-electron chi connectivity index (χ1n) is 27.3. The van der Waals surface area contributed by atoms with Gasteiger partial charge in [-0.25, -0.2) is 4.79 Å². The van der Waals surface area contributed by atoms with Crippen molar-refractivity contribution in [2.75, 3.05) is 41.1 Å². The minimum atomic E-state index is -2.45. The molecule has 4 fully saturated rings. The number of methoxy groups -OCH3 is 3. The topological polar surface area (TPSA) is 220 Å². The van der Waals surface area contributed by atoms with E-state index < -0.39 is 113 Å². The van der Waals surface area contributed by atoms with E-state index in [-0.39, 0.29) is 61.6 Å². The first kappa shape index (κ1) is 61.9. The Balaban J connectivity index is 1.42. The summed E-state index contributed by atoms with van der Waals surface area (Å²) in [4.78, 5) is 85.7. The Labute approximate surface area is 445 Å². The van der Waals surface area contributed by atoms with Gasteiger partial charge in [0.05, 0.1) is 37.6 Å². The van der Waals surface area contributed by atoms with Crippen molar-refractivity contribution < 1.29 is 76.9 Å².